The number of nitrogens with two attached hydrogens (primary N) is 1. The zero-order chi connectivity index (χ0) is 17.5. The molecular formula is C15H14F3N5O. The van der Waals surface area contributed by atoms with Crippen molar-refractivity contribution in [3.05, 3.63) is 46.9 Å². The quantitative estimate of drug-likeness (QED) is 0.795. The largest absolute Gasteiger partial charge is 0.496 e. The summed E-state index contributed by atoms with van der Waals surface area (Å²) in [7, 11) is 1.21. The number of alkyl halides is 3. The van der Waals surface area contributed by atoms with E-state index in [0.717, 1.165) is 6.07 Å². The summed E-state index contributed by atoms with van der Waals surface area (Å²) in [6.45, 7) is 1.77. The topological polar surface area (TPSA) is 78.3 Å². The maximum absolute atomic E-state index is 12.9. The van der Waals surface area contributed by atoms with Crippen molar-refractivity contribution in [2.24, 2.45) is 0 Å². The van der Waals surface area contributed by atoms with Crippen molar-refractivity contribution >= 4 is 11.6 Å². The van der Waals surface area contributed by atoms with Crippen LogP contribution in [0.1, 0.15) is 22.4 Å². The number of nitrogens with zero attached hydrogens (tertiary/aromatic N) is 4. The zero-order valence-corrected chi connectivity index (χ0v) is 12.9. The molecule has 2 N–H and O–H groups in total. The third-order valence-corrected chi connectivity index (χ3v) is 3.72. The lowest BCUT2D eigenvalue weighted by Gasteiger charge is -2.14. The molecule has 0 unspecified atom stereocenters. The summed E-state index contributed by atoms with van der Waals surface area (Å²) in [4.78, 5) is 8.26. The number of ether oxygens (including phenoxy) is 1. The van der Waals surface area contributed by atoms with Crippen LogP contribution in [-0.2, 0) is 12.6 Å². The van der Waals surface area contributed by atoms with Crippen molar-refractivity contribution in [1.82, 2.24) is 19.6 Å². The number of hydrogen-bond donors (Lipinski definition) is 1. The number of anilines is 1. The Labute approximate surface area is 135 Å². The Morgan fingerprint density at radius 1 is 1.29 bits per heavy atom. The fourth-order valence-corrected chi connectivity index (χ4v) is 2.51. The van der Waals surface area contributed by atoms with Gasteiger partial charge in [-0.1, -0.05) is 6.07 Å². The minimum Gasteiger partial charge on any atom is -0.496 e. The first-order valence-corrected chi connectivity index (χ1v) is 7.00. The maximum atomic E-state index is 12.9. The lowest BCUT2D eigenvalue weighted by Crippen LogP contribution is -2.10. The summed E-state index contributed by atoms with van der Waals surface area (Å²) in [5.41, 5.74) is 7.22. The number of fused-ring (bicyclic) bond motifs is 1. The molecule has 0 saturated carbocycles. The number of aryl methyl sites for hydroxylation is 1. The van der Waals surface area contributed by atoms with E-state index in [2.05, 4.69) is 15.1 Å². The molecule has 0 bridgehead atoms. The molecular weight excluding hydrogens is 323 g/mol. The highest BCUT2D eigenvalue weighted by Crippen LogP contribution is 2.37. The molecule has 3 rings (SSSR count). The Morgan fingerprint density at radius 2 is 2.04 bits per heavy atom. The van der Waals surface area contributed by atoms with Crippen molar-refractivity contribution in [3.63, 3.8) is 0 Å². The SMILES string of the molecule is COc1cc(Cc2c(C)nc3ncnn3c2N)ccc1C(F)(F)F. The molecule has 1 aromatic carbocycles. The maximum Gasteiger partial charge on any atom is 0.419 e. The number of rotatable bonds is 3. The molecule has 9 heteroatoms. The second kappa shape index (κ2) is 5.66. The van der Waals surface area contributed by atoms with Crippen molar-refractivity contribution in [3.8, 4) is 5.75 Å². The Morgan fingerprint density at radius 3 is 2.71 bits per heavy atom. The number of halogens is 3. The van der Waals surface area contributed by atoms with Gasteiger partial charge in [-0.25, -0.2) is 4.98 Å². The zero-order valence-electron chi connectivity index (χ0n) is 12.9. The molecule has 2 aromatic heterocycles. The highest BCUT2D eigenvalue weighted by atomic mass is 19.4. The molecule has 6 nitrogen and oxygen atoms in total. The fourth-order valence-electron chi connectivity index (χ4n) is 2.51. The molecule has 0 aliphatic rings. The standard InChI is InChI=1S/C15H14F3N5O/c1-8-10(13(19)23-14(22-8)20-7-21-23)5-9-3-4-11(15(16,17)18)12(6-9)24-2/h3-4,6-7H,5,19H2,1-2H3. The van der Waals surface area contributed by atoms with Gasteiger partial charge in [0.15, 0.2) is 0 Å². The van der Waals surface area contributed by atoms with E-state index in [9.17, 15) is 13.2 Å². The first-order valence-electron chi connectivity index (χ1n) is 7.00. The van der Waals surface area contributed by atoms with Crippen LogP contribution in [0.5, 0.6) is 5.75 Å². The van der Waals surface area contributed by atoms with Crippen molar-refractivity contribution in [2.75, 3.05) is 12.8 Å². The highest BCUT2D eigenvalue weighted by molar-refractivity contribution is 5.52. The predicted molar refractivity (Wildman–Crippen MR) is 80.7 cm³/mol. The van der Waals surface area contributed by atoms with Crippen molar-refractivity contribution in [2.45, 2.75) is 19.5 Å². The van der Waals surface area contributed by atoms with E-state index in [4.69, 9.17) is 10.5 Å². The Hall–Kier alpha value is -2.84. The van der Waals surface area contributed by atoms with Gasteiger partial charge in [0.1, 0.15) is 17.9 Å². The lowest BCUT2D eigenvalue weighted by molar-refractivity contribution is -0.138. The predicted octanol–water partition coefficient (Wildman–Crippen LogP) is 2.63. The second-order valence-corrected chi connectivity index (χ2v) is 5.24. The Bertz CT molecular complexity index is 904. The van der Waals surface area contributed by atoms with Gasteiger partial charge in [0, 0.05) is 17.7 Å². The molecule has 3 aromatic rings. The smallest absolute Gasteiger partial charge is 0.419 e. The van der Waals surface area contributed by atoms with E-state index in [1.807, 2.05) is 0 Å². The van der Waals surface area contributed by atoms with Gasteiger partial charge in [-0.3, -0.25) is 0 Å². The van der Waals surface area contributed by atoms with E-state index in [0.29, 0.717) is 34.8 Å². The molecule has 0 fully saturated rings. The molecule has 126 valence electrons. The van der Waals surface area contributed by atoms with Gasteiger partial charge in [-0.15, -0.1) is 0 Å². The van der Waals surface area contributed by atoms with E-state index >= 15 is 0 Å². The minimum atomic E-state index is -4.47. The number of aromatic nitrogens is 4. The van der Waals surface area contributed by atoms with Gasteiger partial charge in [-0.2, -0.15) is 27.8 Å². The van der Waals surface area contributed by atoms with Gasteiger partial charge in [-0.05, 0) is 24.6 Å². The average molecular weight is 337 g/mol. The fraction of sp³-hybridized carbons (Fsp3) is 0.267. The molecule has 2 heterocycles. The van der Waals surface area contributed by atoms with Crippen LogP contribution in [0.3, 0.4) is 0 Å². The number of hydrogen-bond acceptors (Lipinski definition) is 5. The summed E-state index contributed by atoms with van der Waals surface area (Å²) in [5.74, 6) is 0.499. The Balaban J connectivity index is 2.03. The van der Waals surface area contributed by atoms with Crippen LogP contribution < -0.4 is 10.5 Å². The van der Waals surface area contributed by atoms with E-state index in [-0.39, 0.29) is 5.75 Å². The molecule has 0 saturated heterocycles. The average Bonchev–Trinajstić information content (AvgIpc) is 2.98. The molecule has 0 radical (unpaired) electrons. The number of benzene rings is 1. The van der Waals surface area contributed by atoms with Crippen LogP contribution in [0.25, 0.3) is 5.78 Å². The summed E-state index contributed by atoms with van der Waals surface area (Å²) in [5, 5.41) is 3.99. The van der Waals surface area contributed by atoms with Crippen LogP contribution in [-0.4, -0.2) is 26.7 Å². The van der Waals surface area contributed by atoms with Crippen LogP contribution in [0.2, 0.25) is 0 Å². The summed E-state index contributed by atoms with van der Waals surface area (Å²) >= 11 is 0. The first kappa shape index (κ1) is 16.0. The first-order chi connectivity index (χ1) is 11.3. The Kier molecular flexibility index (Phi) is 3.78. The third-order valence-electron chi connectivity index (χ3n) is 3.72. The van der Waals surface area contributed by atoms with Crippen LogP contribution in [0.4, 0.5) is 19.0 Å². The van der Waals surface area contributed by atoms with Crippen LogP contribution >= 0.6 is 0 Å². The summed E-state index contributed by atoms with van der Waals surface area (Å²) < 4.78 is 45.1. The lowest BCUT2D eigenvalue weighted by atomic mass is 10.0. The van der Waals surface area contributed by atoms with Gasteiger partial charge >= 0.3 is 6.18 Å². The molecule has 24 heavy (non-hydrogen) atoms. The normalized spacial score (nSPS) is 11.9. The van der Waals surface area contributed by atoms with Crippen LogP contribution in [0.15, 0.2) is 24.5 Å². The number of nitrogen functional groups attached to an aromatic ring is 1. The van der Waals surface area contributed by atoms with Gasteiger partial charge in [0.2, 0.25) is 0 Å². The van der Waals surface area contributed by atoms with Crippen molar-refractivity contribution in [1.29, 1.82) is 0 Å². The monoisotopic (exact) mass is 337 g/mol. The van der Waals surface area contributed by atoms with Crippen molar-refractivity contribution < 1.29 is 17.9 Å². The third kappa shape index (κ3) is 2.72. The molecule has 0 spiro atoms. The molecule has 0 aliphatic carbocycles. The molecule has 0 amide bonds. The van der Waals surface area contributed by atoms with E-state index in [1.54, 1.807) is 6.92 Å². The molecule has 0 atom stereocenters. The van der Waals surface area contributed by atoms with Gasteiger partial charge < -0.3 is 10.5 Å². The summed E-state index contributed by atoms with van der Waals surface area (Å²) in [6, 6.07) is 3.75. The summed E-state index contributed by atoms with van der Waals surface area (Å²) in [6.07, 6.45) is -2.84. The molecule has 0 aliphatic heterocycles. The van der Waals surface area contributed by atoms with Gasteiger partial charge in [0.05, 0.1) is 12.7 Å². The highest BCUT2D eigenvalue weighted by Gasteiger charge is 2.34. The minimum absolute atomic E-state index is 0.231. The van der Waals surface area contributed by atoms with Gasteiger partial charge in [0.25, 0.3) is 5.78 Å². The number of methoxy groups -OCH3 is 1. The second-order valence-electron chi connectivity index (χ2n) is 5.24. The van der Waals surface area contributed by atoms with E-state index in [1.165, 1.54) is 30.1 Å². The van der Waals surface area contributed by atoms with Crippen LogP contribution in [0, 0.1) is 6.92 Å². The van der Waals surface area contributed by atoms with E-state index < -0.39 is 11.7 Å².